The summed E-state index contributed by atoms with van der Waals surface area (Å²) in [7, 11) is 0. The van der Waals surface area contributed by atoms with E-state index in [0.717, 1.165) is 24.8 Å². The van der Waals surface area contributed by atoms with Gasteiger partial charge in [0.1, 0.15) is 12.4 Å². The fourth-order valence-electron chi connectivity index (χ4n) is 7.91. The smallest absolute Gasteiger partial charge is 0.339 e. The van der Waals surface area contributed by atoms with Gasteiger partial charge in [0.2, 0.25) is 17.6 Å². The van der Waals surface area contributed by atoms with E-state index in [4.69, 9.17) is 14.5 Å². The lowest BCUT2D eigenvalue weighted by Crippen LogP contribution is -2.32. The number of carbonyl (C=O) groups excluding carboxylic acids is 4. The Labute approximate surface area is 283 Å². The second kappa shape index (κ2) is 12.4. The average Bonchev–Trinajstić information content (AvgIpc) is 3.84. The summed E-state index contributed by atoms with van der Waals surface area (Å²) in [6.07, 6.45) is 2.01. The Hall–Kier alpha value is -5.63. The molecule has 2 saturated carbocycles. The molecule has 2 amide bonds. The van der Waals surface area contributed by atoms with Crippen molar-refractivity contribution in [1.82, 2.24) is 4.98 Å². The summed E-state index contributed by atoms with van der Waals surface area (Å²) in [5.74, 6) is -0.252. The number of fused-ring (bicyclic) bond motifs is 6. The normalized spacial score (nSPS) is 21.5. The third-order valence-corrected chi connectivity index (χ3v) is 10.3. The van der Waals surface area contributed by atoms with Crippen LogP contribution in [0.2, 0.25) is 0 Å². The highest BCUT2D eigenvalue weighted by atomic mass is 16.5. The van der Waals surface area contributed by atoms with Crippen LogP contribution in [0.15, 0.2) is 109 Å². The van der Waals surface area contributed by atoms with Crippen LogP contribution >= 0.6 is 0 Å². The van der Waals surface area contributed by atoms with Gasteiger partial charge in [0.15, 0.2) is 6.10 Å². The number of hydrogen-bond acceptors (Lipinski definition) is 7. The highest BCUT2D eigenvalue weighted by molar-refractivity contribution is 6.22. The number of esters is 1. The lowest BCUT2D eigenvalue weighted by molar-refractivity contribution is -0.123. The third kappa shape index (κ3) is 5.57. The lowest BCUT2D eigenvalue weighted by Gasteiger charge is -2.19. The molecule has 1 saturated heterocycles. The number of pyridine rings is 1. The number of para-hydroxylation sites is 1. The van der Waals surface area contributed by atoms with Gasteiger partial charge in [-0.05, 0) is 92.1 Å². The molecule has 2 heterocycles. The molecule has 1 aromatic heterocycles. The van der Waals surface area contributed by atoms with Crippen molar-refractivity contribution >= 4 is 40.2 Å². The largest absolute Gasteiger partial charge is 0.489 e. The predicted octanol–water partition coefficient (Wildman–Crippen LogP) is 7.44. The number of amides is 2. The predicted molar refractivity (Wildman–Crippen MR) is 184 cm³/mol. The van der Waals surface area contributed by atoms with Gasteiger partial charge in [-0.1, -0.05) is 60.7 Å². The van der Waals surface area contributed by atoms with Gasteiger partial charge in [-0.25, -0.2) is 9.78 Å². The number of ether oxygens (including phenoxy) is 2. The number of benzene rings is 4. The monoisotopic (exact) mass is 650 g/mol. The number of hydrogen-bond donors (Lipinski definition) is 0. The Bertz CT molecular complexity index is 2070. The van der Waals surface area contributed by atoms with Crippen molar-refractivity contribution in [2.45, 2.75) is 38.9 Å². The van der Waals surface area contributed by atoms with E-state index in [0.29, 0.717) is 57.6 Å². The minimum absolute atomic E-state index is 0.0835. The molecule has 8 rings (SSSR count). The molecule has 8 nitrogen and oxygen atoms in total. The Morgan fingerprint density at radius 3 is 2.16 bits per heavy atom. The first-order valence-corrected chi connectivity index (χ1v) is 16.8. The molecule has 244 valence electrons. The van der Waals surface area contributed by atoms with Crippen LogP contribution in [0.4, 0.5) is 5.69 Å². The molecule has 0 radical (unpaired) electrons. The molecule has 2 aliphatic carbocycles. The molecule has 0 unspecified atom stereocenters. The van der Waals surface area contributed by atoms with E-state index in [1.165, 1.54) is 4.90 Å². The molecule has 1 aliphatic heterocycles. The van der Waals surface area contributed by atoms with Gasteiger partial charge in [0.05, 0.1) is 34.3 Å². The van der Waals surface area contributed by atoms with Gasteiger partial charge >= 0.3 is 5.97 Å². The fourth-order valence-corrected chi connectivity index (χ4v) is 7.91. The maximum Gasteiger partial charge on any atom is 0.339 e. The van der Waals surface area contributed by atoms with Crippen LogP contribution in [0, 0.1) is 23.7 Å². The van der Waals surface area contributed by atoms with E-state index in [9.17, 15) is 19.2 Å². The average molecular weight is 651 g/mol. The maximum absolute atomic E-state index is 13.6. The van der Waals surface area contributed by atoms with Crippen LogP contribution in [0.5, 0.6) is 5.75 Å². The first-order valence-electron chi connectivity index (χ1n) is 16.8. The summed E-state index contributed by atoms with van der Waals surface area (Å²) in [6.45, 7) is 1.97. The zero-order chi connectivity index (χ0) is 33.6. The van der Waals surface area contributed by atoms with Crippen LogP contribution in [0.3, 0.4) is 0 Å². The molecule has 8 heteroatoms. The van der Waals surface area contributed by atoms with Gasteiger partial charge in [-0.2, -0.15) is 0 Å². The second-order valence-corrected chi connectivity index (χ2v) is 13.2. The van der Waals surface area contributed by atoms with Crippen molar-refractivity contribution in [3.05, 3.63) is 126 Å². The Kier molecular flexibility index (Phi) is 7.79. The molecule has 5 atom stereocenters. The van der Waals surface area contributed by atoms with Crippen LogP contribution in [0.25, 0.3) is 22.2 Å². The molecule has 0 spiro atoms. The molecule has 3 fully saturated rings. The molecule has 0 N–H and O–H groups in total. The number of aromatic nitrogens is 1. The Morgan fingerprint density at radius 2 is 1.47 bits per heavy atom. The minimum Gasteiger partial charge on any atom is -0.489 e. The van der Waals surface area contributed by atoms with Crippen LogP contribution in [-0.2, 0) is 20.9 Å². The lowest BCUT2D eigenvalue weighted by atomic mass is 9.81. The van der Waals surface area contributed by atoms with E-state index >= 15 is 0 Å². The zero-order valence-electron chi connectivity index (χ0n) is 27.0. The molecular weight excluding hydrogens is 616 g/mol. The first kappa shape index (κ1) is 30.7. The van der Waals surface area contributed by atoms with E-state index in [1.54, 1.807) is 55.5 Å². The van der Waals surface area contributed by atoms with Gasteiger partial charge in [0, 0.05) is 16.5 Å². The summed E-state index contributed by atoms with van der Waals surface area (Å²) < 4.78 is 11.6. The fraction of sp³-hybridized carbons (Fsp3) is 0.244. The molecule has 3 aliphatic rings. The van der Waals surface area contributed by atoms with Crippen molar-refractivity contribution in [3.63, 3.8) is 0 Å². The van der Waals surface area contributed by atoms with Crippen LogP contribution in [0.1, 0.15) is 52.5 Å². The topological polar surface area (TPSA) is 103 Å². The molecule has 5 aromatic rings. The Morgan fingerprint density at radius 1 is 0.816 bits per heavy atom. The standard InChI is InChI=1S/C41H34N2O6/c1-24(38(44)27-15-19-31(20-16-27)48-23-25-7-3-2-4-8-25)49-41(47)33-22-35(42-34-10-6-5-9-32(33)34)26-13-17-30(18-14-26)43-39(45)36-28-11-12-29(21-28)37(36)40(43)46/h2-10,13-20,22,24,28-29,36-37H,11-12,21,23H2,1H3/t24-,28-,29-,36+,37+/m0/s1. The van der Waals surface area contributed by atoms with Gasteiger partial charge in [-0.3, -0.25) is 19.3 Å². The van der Waals surface area contributed by atoms with Gasteiger partial charge in [-0.15, -0.1) is 0 Å². The number of nitrogens with zero attached hydrogens (tertiary/aromatic N) is 2. The Balaban J connectivity index is 0.986. The number of Topliss-reactive ketones (excluding diaryl/α,β-unsaturated/α-hetero) is 1. The quantitative estimate of drug-likeness (QED) is 0.0928. The maximum atomic E-state index is 13.6. The van der Waals surface area contributed by atoms with Crippen LogP contribution < -0.4 is 9.64 Å². The highest BCUT2D eigenvalue weighted by Gasteiger charge is 2.61. The van der Waals surface area contributed by atoms with Crippen molar-refractivity contribution in [3.8, 4) is 17.0 Å². The van der Waals surface area contributed by atoms with Crippen molar-refractivity contribution in [1.29, 1.82) is 0 Å². The van der Waals surface area contributed by atoms with Gasteiger partial charge < -0.3 is 9.47 Å². The third-order valence-electron chi connectivity index (χ3n) is 10.3. The first-order chi connectivity index (χ1) is 23.9. The SMILES string of the molecule is C[C@H](OC(=O)c1cc(-c2ccc(N3C(=O)[C@@H]4[C@H]5CC[C@@H](C5)[C@H]4C3=O)cc2)nc2ccccc12)C(=O)c1ccc(OCc2ccccc2)cc1. The van der Waals surface area contributed by atoms with E-state index in [1.807, 2.05) is 60.7 Å². The molecular formula is C41H34N2O6. The van der Waals surface area contributed by atoms with Crippen molar-refractivity contribution in [2.75, 3.05) is 4.90 Å². The molecule has 49 heavy (non-hydrogen) atoms. The summed E-state index contributed by atoms with van der Waals surface area (Å²) >= 11 is 0. The summed E-state index contributed by atoms with van der Waals surface area (Å²) in [6, 6.07) is 32.6. The second-order valence-electron chi connectivity index (χ2n) is 13.2. The number of rotatable bonds is 9. The highest BCUT2D eigenvalue weighted by Crippen LogP contribution is 2.56. The number of imide groups is 1. The number of carbonyl (C=O) groups is 4. The minimum atomic E-state index is -1.04. The van der Waals surface area contributed by atoms with E-state index < -0.39 is 12.1 Å². The zero-order valence-corrected chi connectivity index (χ0v) is 27.0. The molecule has 2 bridgehead atoms. The van der Waals surface area contributed by atoms with E-state index in [-0.39, 0.29) is 35.0 Å². The van der Waals surface area contributed by atoms with Crippen molar-refractivity contribution in [2.24, 2.45) is 23.7 Å². The summed E-state index contributed by atoms with van der Waals surface area (Å²) in [5, 5.41) is 0.599. The van der Waals surface area contributed by atoms with Crippen molar-refractivity contribution < 1.29 is 28.7 Å². The molecule has 4 aromatic carbocycles. The summed E-state index contributed by atoms with van der Waals surface area (Å²) in [5.41, 5.74) is 4.10. The number of ketones is 1. The summed E-state index contributed by atoms with van der Waals surface area (Å²) in [4.78, 5) is 59.7. The van der Waals surface area contributed by atoms with Crippen LogP contribution in [-0.4, -0.2) is 34.7 Å². The van der Waals surface area contributed by atoms with Gasteiger partial charge in [0.25, 0.3) is 0 Å². The number of anilines is 1. The van der Waals surface area contributed by atoms with E-state index in [2.05, 4.69) is 0 Å².